The summed E-state index contributed by atoms with van der Waals surface area (Å²) >= 11 is 0. The van der Waals surface area contributed by atoms with Crippen molar-refractivity contribution in [1.29, 1.82) is 0 Å². The standard InChI is InChI=1S/C14H17NO4/c1-15(2)4-3-5-19-14(18)13-7-11(9-16)6-12(8-13)10-17/h6-10H,3-5H2,1-2H3. The van der Waals surface area contributed by atoms with Gasteiger partial charge in [-0.25, -0.2) is 4.79 Å². The lowest BCUT2D eigenvalue weighted by Gasteiger charge is -2.09. The van der Waals surface area contributed by atoms with Gasteiger partial charge in [-0.3, -0.25) is 9.59 Å². The predicted octanol–water partition coefficient (Wildman–Crippen LogP) is 1.42. The Morgan fingerprint density at radius 1 is 1.16 bits per heavy atom. The van der Waals surface area contributed by atoms with Crippen molar-refractivity contribution in [2.75, 3.05) is 27.2 Å². The number of rotatable bonds is 7. The van der Waals surface area contributed by atoms with Crippen LogP contribution in [0.5, 0.6) is 0 Å². The Balaban J connectivity index is 2.65. The predicted molar refractivity (Wildman–Crippen MR) is 70.7 cm³/mol. The zero-order valence-electron chi connectivity index (χ0n) is 11.1. The van der Waals surface area contributed by atoms with Crippen LogP contribution in [-0.2, 0) is 4.74 Å². The number of ether oxygens (including phenoxy) is 1. The van der Waals surface area contributed by atoms with Crippen molar-refractivity contribution >= 4 is 18.5 Å². The minimum Gasteiger partial charge on any atom is -0.462 e. The van der Waals surface area contributed by atoms with E-state index in [1.807, 2.05) is 19.0 Å². The molecule has 0 aliphatic carbocycles. The van der Waals surface area contributed by atoms with Crippen molar-refractivity contribution in [3.8, 4) is 0 Å². The maximum Gasteiger partial charge on any atom is 0.338 e. The molecule has 0 bridgehead atoms. The van der Waals surface area contributed by atoms with Gasteiger partial charge in [0.05, 0.1) is 12.2 Å². The molecule has 0 aliphatic heterocycles. The van der Waals surface area contributed by atoms with Crippen LogP contribution in [0.2, 0.25) is 0 Å². The van der Waals surface area contributed by atoms with Gasteiger partial charge in [0, 0.05) is 17.7 Å². The Labute approximate surface area is 112 Å². The van der Waals surface area contributed by atoms with E-state index in [1.54, 1.807) is 0 Å². The van der Waals surface area contributed by atoms with E-state index in [1.165, 1.54) is 18.2 Å². The first-order valence-corrected chi connectivity index (χ1v) is 5.94. The lowest BCUT2D eigenvalue weighted by Crippen LogP contribution is -2.16. The highest BCUT2D eigenvalue weighted by Crippen LogP contribution is 2.09. The van der Waals surface area contributed by atoms with Crippen molar-refractivity contribution < 1.29 is 19.1 Å². The maximum absolute atomic E-state index is 11.8. The number of hydrogen-bond acceptors (Lipinski definition) is 5. The molecule has 5 heteroatoms. The number of hydrogen-bond donors (Lipinski definition) is 0. The number of carbonyl (C=O) groups excluding carboxylic acids is 3. The minimum atomic E-state index is -0.523. The highest BCUT2D eigenvalue weighted by atomic mass is 16.5. The molecule has 0 saturated heterocycles. The van der Waals surface area contributed by atoms with Crippen LogP contribution >= 0.6 is 0 Å². The monoisotopic (exact) mass is 263 g/mol. The summed E-state index contributed by atoms with van der Waals surface area (Å²) in [6, 6.07) is 4.24. The second-order valence-corrected chi connectivity index (χ2v) is 4.42. The SMILES string of the molecule is CN(C)CCCOC(=O)c1cc(C=O)cc(C=O)c1. The maximum atomic E-state index is 11.8. The molecule has 0 aliphatic rings. The fraction of sp³-hybridized carbons (Fsp3) is 0.357. The molecule has 0 amide bonds. The van der Waals surface area contributed by atoms with Crippen molar-refractivity contribution in [2.45, 2.75) is 6.42 Å². The molecule has 0 saturated carbocycles. The van der Waals surface area contributed by atoms with Crippen LogP contribution in [0, 0.1) is 0 Å². The summed E-state index contributed by atoms with van der Waals surface area (Å²) in [5.41, 5.74) is 0.784. The van der Waals surface area contributed by atoms with Gasteiger partial charge >= 0.3 is 5.97 Å². The highest BCUT2D eigenvalue weighted by molar-refractivity contribution is 5.94. The zero-order valence-corrected chi connectivity index (χ0v) is 11.1. The van der Waals surface area contributed by atoms with Gasteiger partial charge in [-0.2, -0.15) is 0 Å². The molecule has 0 N–H and O–H groups in total. The fourth-order valence-electron chi connectivity index (χ4n) is 1.56. The molecule has 0 radical (unpaired) electrons. The van der Waals surface area contributed by atoms with Gasteiger partial charge in [-0.1, -0.05) is 0 Å². The van der Waals surface area contributed by atoms with Crippen LogP contribution in [0.3, 0.4) is 0 Å². The number of nitrogens with zero attached hydrogens (tertiary/aromatic N) is 1. The van der Waals surface area contributed by atoms with Crippen LogP contribution in [0.1, 0.15) is 37.5 Å². The molecule has 1 aromatic carbocycles. The average molecular weight is 263 g/mol. The lowest BCUT2D eigenvalue weighted by atomic mass is 10.1. The van der Waals surface area contributed by atoms with E-state index in [0.717, 1.165) is 13.0 Å². The Morgan fingerprint density at radius 2 is 1.74 bits per heavy atom. The third-order valence-corrected chi connectivity index (χ3v) is 2.47. The van der Waals surface area contributed by atoms with Crippen LogP contribution < -0.4 is 0 Å². The van der Waals surface area contributed by atoms with Gasteiger partial charge in [0.25, 0.3) is 0 Å². The van der Waals surface area contributed by atoms with Gasteiger partial charge in [0.15, 0.2) is 0 Å². The summed E-state index contributed by atoms with van der Waals surface area (Å²) in [6.45, 7) is 1.12. The molecule has 5 nitrogen and oxygen atoms in total. The normalized spacial score (nSPS) is 10.3. The van der Waals surface area contributed by atoms with Gasteiger partial charge in [0.2, 0.25) is 0 Å². The van der Waals surface area contributed by atoms with Gasteiger partial charge in [-0.05, 0) is 38.7 Å². The molecule has 19 heavy (non-hydrogen) atoms. The quantitative estimate of drug-likeness (QED) is 0.423. The summed E-state index contributed by atoms with van der Waals surface area (Å²) in [4.78, 5) is 35.2. The van der Waals surface area contributed by atoms with Crippen LogP contribution in [0.25, 0.3) is 0 Å². The second-order valence-electron chi connectivity index (χ2n) is 4.42. The van der Waals surface area contributed by atoms with Crippen molar-refractivity contribution in [1.82, 2.24) is 4.90 Å². The van der Waals surface area contributed by atoms with E-state index in [2.05, 4.69) is 0 Å². The molecule has 1 aromatic rings. The third kappa shape index (κ3) is 5.01. The van der Waals surface area contributed by atoms with Gasteiger partial charge in [0.1, 0.15) is 12.6 Å². The number of benzene rings is 1. The number of aldehydes is 2. The number of carbonyl (C=O) groups is 3. The molecular weight excluding hydrogens is 246 g/mol. The topological polar surface area (TPSA) is 63.7 Å². The average Bonchev–Trinajstić information content (AvgIpc) is 2.42. The van der Waals surface area contributed by atoms with Gasteiger partial charge < -0.3 is 9.64 Å². The van der Waals surface area contributed by atoms with E-state index in [-0.39, 0.29) is 16.7 Å². The summed E-state index contributed by atoms with van der Waals surface area (Å²) in [5, 5.41) is 0. The molecule has 0 fully saturated rings. The zero-order chi connectivity index (χ0) is 14.3. The first kappa shape index (κ1) is 15.0. The first-order chi connectivity index (χ1) is 9.06. The Kier molecular flexibility index (Phi) is 5.89. The van der Waals surface area contributed by atoms with E-state index in [0.29, 0.717) is 19.2 Å². The summed E-state index contributed by atoms with van der Waals surface area (Å²) < 4.78 is 5.08. The van der Waals surface area contributed by atoms with Crippen molar-refractivity contribution in [3.63, 3.8) is 0 Å². The molecule has 0 atom stereocenters. The molecule has 0 aromatic heterocycles. The summed E-state index contributed by atoms with van der Waals surface area (Å²) in [5.74, 6) is -0.523. The van der Waals surface area contributed by atoms with E-state index >= 15 is 0 Å². The minimum absolute atomic E-state index is 0.219. The smallest absolute Gasteiger partial charge is 0.338 e. The summed E-state index contributed by atoms with van der Waals surface area (Å²) in [6.07, 6.45) is 1.91. The first-order valence-electron chi connectivity index (χ1n) is 5.94. The molecule has 0 heterocycles. The van der Waals surface area contributed by atoms with Crippen molar-refractivity contribution in [3.05, 3.63) is 34.9 Å². The molecular formula is C14H17NO4. The second kappa shape index (κ2) is 7.43. The lowest BCUT2D eigenvalue weighted by molar-refractivity contribution is 0.0493. The number of esters is 1. The van der Waals surface area contributed by atoms with E-state index in [9.17, 15) is 14.4 Å². The molecule has 0 spiro atoms. The van der Waals surface area contributed by atoms with Crippen LogP contribution in [0.15, 0.2) is 18.2 Å². The molecule has 0 unspecified atom stereocenters. The third-order valence-electron chi connectivity index (χ3n) is 2.47. The summed E-state index contributed by atoms with van der Waals surface area (Å²) in [7, 11) is 3.87. The van der Waals surface area contributed by atoms with Crippen LogP contribution in [0.4, 0.5) is 0 Å². The highest BCUT2D eigenvalue weighted by Gasteiger charge is 2.10. The fourth-order valence-corrected chi connectivity index (χ4v) is 1.56. The molecule has 1 rings (SSSR count). The van der Waals surface area contributed by atoms with Crippen LogP contribution in [-0.4, -0.2) is 50.7 Å². The molecule has 102 valence electrons. The Bertz CT molecular complexity index is 442. The van der Waals surface area contributed by atoms with E-state index < -0.39 is 5.97 Å². The van der Waals surface area contributed by atoms with Crippen molar-refractivity contribution in [2.24, 2.45) is 0 Å². The largest absolute Gasteiger partial charge is 0.462 e. The van der Waals surface area contributed by atoms with E-state index in [4.69, 9.17) is 4.74 Å². The Hall–Kier alpha value is -2.01. The van der Waals surface area contributed by atoms with Gasteiger partial charge in [-0.15, -0.1) is 0 Å². The Morgan fingerprint density at radius 3 is 2.21 bits per heavy atom.